The third-order valence-corrected chi connectivity index (χ3v) is 6.08. The zero-order chi connectivity index (χ0) is 22.8. The quantitative estimate of drug-likeness (QED) is 0.490. The summed E-state index contributed by atoms with van der Waals surface area (Å²) in [6.45, 7) is 0. The van der Waals surface area contributed by atoms with E-state index in [0.717, 1.165) is 29.0 Å². The Labute approximate surface area is 195 Å². The SMILES string of the molecule is O=C1/C(=C\c2ccc(Cl)c(Cl)c2)N=C(SCc2cc(=O)c(O)co2)N1c1ccccc1F. The average molecular weight is 491 g/mol. The molecule has 1 aliphatic rings. The first-order valence-electron chi connectivity index (χ1n) is 9.11. The normalized spacial score (nSPS) is 14.8. The minimum atomic E-state index is -0.596. The fourth-order valence-electron chi connectivity index (χ4n) is 2.85. The van der Waals surface area contributed by atoms with Crippen molar-refractivity contribution in [3.8, 4) is 5.75 Å². The van der Waals surface area contributed by atoms with Gasteiger partial charge in [0.15, 0.2) is 10.9 Å². The lowest BCUT2D eigenvalue weighted by molar-refractivity contribution is -0.113. The lowest BCUT2D eigenvalue weighted by atomic mass is 10.2. The molecule has 0 saturated heterocycles. The van der Waals surface area contributed by atoms with Gasteiger partial charge in [-0.15, -0.1) is 0 Å². The molecule has 2 heterocycles. The Morgan fingerprint density at radius 3 is 2.62 bits per heavy atom. The molecular weight excluding hydrogens is 478 g/mol. The largest absolute Gasteiger partial charge is 0.502 e. The topological polar surface area (TPSA) is 83.1 Å². The number of nitrogens with zero attached hydrogens (tertiary/aromatic N) is 2. The van der Waals surface area contributed by atoms with Crippen molar-refractivity contribution in [3.63, 3.8) is 0 Å². The van der Waals surface area contributed by atoms with Gasteiger partial charge in [-0.1, -0.05) is 53.2 Å². The van der Waals surface area contributed by atoms with Gasteiger partial charge in [-0.05, 0) is 35.9 Å². The lowest BCUT2D eigenvalue weighted by Gasteiger charge is -2.18. The van der Waals surface area contributed by atoms with Crippen LogP contribution >= 0.6 is 35.0 Å². The summed E-state index contributed by atoms with van der Waals surface area (Å²) in [6, 6.07) is 11.8. The predicted molar refractivity (Wildman–Crippen MR) is 124 cm³/mol. The molecule has 3 aromatic rings. The van der Waals surface area contributed by atoms with Gasteiger partial charge in [0.25, 0.3) is 5.91 Å². The molecule has 32 heavy (non-hydrogen) atoms. The Hall–Kier alpha value is -3.07. The van der Waals surface area contributed by atoms with Gasteiger partial charge in [0.1, 0.15) is 23.5 Å². The van der Waals surface area contributed by atoms with E-state index in [9.17, 15) is 19.1 Å². The summed E-state index contributed by atoms with van der Waals surface area (Å²) in [5.41, 5.74) is 0.105. The lowest BCUT2D eigenvalue weighted by Crippen LogP contribution is -2.31. The fraction of sp³-hybridized carbons (Fsp3) is 0.0455. The predicted octanol–water partition coefficient (Wildman–Crippen LogP) is 5.47. The van der Waals surface area contributed by atoms with Crippen LogP contribution in [0.5, 0.6) is 5.75 Å². The summed E-state index contributed by atoms with van der Waals surface area (Å²) in [6.07, 6.45) is 2.46. The number of hydrogen-bond donors (Lipinski definition) is 1. The third kappa shape index (κ3) is 4.57. The molecule has 0 bridgehead atoms. The molecule has 0 saturated carbocycles. The van der Waals surface area contributed by atoms with E-state index in [2.05, 4.69) is 4.99 Å². The fourth-order valence-corrected chi connectivity index (χ4v) is 4.06. The van der Waals surface area contributed by atoms with Gasteiger partial charge in [-0.3, -0.25) is 14.5 Å². The molecule has 162 valence electrons. The molecule has 2 aromatic carbocycles. The molecule has 1 aliphatic heterocycles. The van der Waals surface area contributed by atoms with Crippen LogP contribution in [0.3, 0.4) is 0 Å². The summed E-state index contributed by atoms with van der Waals surface area (Å²) in [5.74, 6) is -1.26. The van der Waals surface area contributed by atoms with Crippen molar-refractivity contribution in [2.75, 3.05) is 4.90 Å². The zero-order valence-electron chi connectivity index (χ0n) is 16.1. The number of para-hydroxylation sites is 1. The molecular formula is C22H13Cl2FN2O4S. The Bertz CT molecular complexity index is 1340. The Balaban J connectivity index is 1.70. The highest BCUT2D eigenvalue weighted by Gasteiger charge is 2.33. The van der Waals surface area contributed by atoms with E-state index in [1.807, 2.05) is 0 Å². The highest BCUT2D eigenvalue weighted by molar-refractivity contribution is 8.13. The summed E-state index contributed by atoms with van der Waals surface area (Å²) >= 11 is 13.1. The first kappa shape index (κ1) is 22.1. The molecule has 0 fully saturated rings. The molecule has 0 radical (unpaired) electrons. The number of halogens is 3. The van der Waals surface area contributed by atoms with Crippen molar-refractivity contribution in [1.82, 2.24) is 0 Å². The molecule has 1 aromatic heterocycles. The maximum atomic E-state index is 14.5. The molecule has 4 rings (SSSR count). The number of hydrogen-bond acceptors (Lipinski definition) is 6. The van der Waals surface area contributed by atoms with Crippen LogP contribution in [-0.4, -0.2) is 16.2 Å². The standard InChI is InChI=1S/C22H13Cl2FN2O4S/c23-14-6-5-12(7-15(14)24)8-17-21(30)27(18-4-2-1-3-16(18)25)22(26-17)32-11-13-9-19(28)20(29)10-31-13/h1-10,29H,11H2/b17-8+. The number of aromatic hydroxyl groups is 1. The summed E-state index contributed by atoms with van der Waals surface area (Å²) in [7, 11) is 0. The van der Waals surface area contributed by atoms with E-state index in [0.29, 0.717) is 15.6 Å². The summed E-state index contributed by atoms with van der Waals surface area (Å²) in [4.78, 5) is 30.3. The van der Waals surface area contributed by atoms with Crippen LogP contribution in [0.2, 0.25) is 10.0 Å². The van der Waals surface area contributed by atoms with Crippen LogP contribution in [0.25, 0.3) is 6.08 Å². The number of amidine groups is 1. The van der Waals surface area contributed by atoms with Crippen molar-refractivity contribution in [3.05, 3.63) is 97.9 Å². The Morgan fingerprint density at radius 2 is 1.91 bits per heavy atom. The average Bonchev–Trinajstić information content (AvgIpc) is 3.07. The molecule has 1 amide bonds. The van der Waals surface area contributed by atoms with Crippen molar-refractivity contribution in [2.24, 2.45) is 4.99 Å². The molecule has 0 unspecified atom stereocenters. The number of benzene rings is 2. The first-order chi connectivity index (χ1) is 15.3. The molecule has 1 N–H and O–H groups in total. The number of aliphatic imine (C=N–C) groups is 1. The van der Waals surface area contributed by atoms with E-state index >= 15 is 0 Å². The Kier molecular flexibility index (Phi) is 6.36. The number of carbonyl (C=O) groups is 1. The number of amides is 1. The van der Waals surface area contributed by atoms with Gasteiger partial charge in [0.05, 0.1) is 21.5 Å². The molecule has 0 aliphatic carbocycles. The van der Waals surface area contributed by atoms with Gasteiger partial charge in [-0.2, -0.15) is 0 Å². The number of rotatable bonds is 4. The van der Waals surface area contributed by atoms with E-state index in [-0.39, 0.29) is 28.1 Å². The van der Waals surface area contributed by atoms with Crippen molar-refractivity contribution >= 4 is 57.8 Å². The summed E-state index contributed by atoms with van der Waals surface area (Å²) in [5, 5.41) is 10.2. The number of thioether (sulfide) groups is 1. The second-order valence-corrected chi connectivity index (χ2v) is 8.33. The second-order valence-electron chi connectivity index (χ2n) is 6.57. The highest BCUT2D eigenvalue weighted by atomic mass is 35.5. The maximum absolute atomic E-state index is 14.5. The molecule has 10 heteroatoms. The summed E-state index contributed by atoms with van der Waals surface area (Å²) < 4.78 is 19.7. The van der Waals surface area contributed by atoms with Crippen LogP contribution < -0.4 is 10.3 Å². The minimum absolute atomic E-state index is 0.0356. The smallest absolute Gasteiger partial charge is 0.283 e. The van der Waals surface area contributed by atoms with Gasteiger partial charge in [-0.25, -0.2) is 9.38 Å². The molecule has 0 atom stereocenters. The van der Waals surface area contributed by atoms with Crippen LogP contribution in [0.1, 0.15) is 11.3 Å². The monoisotopic (exact) mass is 490 g/mol. The first-order valence-corrected chi connectivity index (χ1v) is 10.9. The second kappa shape index (κ2) is 9.20. The molecule has 6 nitrogen and oxygen atoms in total. The maximum Gasteiger partial charge on any atom is 0.283 e. The van der Waals surface area contributed by atoms with Gasteiger partial charge < -0.3 is 9.52 Å². The van der Waals surface area contributed by atoms with Crippen LogP contribution in [0.4, 0.5) is 10.1 Å². The van der Waals surface area contributed by atoms with Crippen LogP contribution in [0.15, 0.2) is 74.7 Å². The van der Waals surface area contributed by atoms with E-state index in [1.54, 1.807) is 24.3 Å². The molecule has 0 spiro atoms. The van der Waals surface area contributed by atoms with Crippen molar-refractivity contribution in [1.29, 1.82) is 0 Å². The highest BCUT2D eigenvalue weighted by Crippen LogP contribution is 2.33. The number of carbonyl (C=O) groups excluding carboxylic acids is 1. The van der Waals surface area contributed by atoms with Crippen LogP contribution in [-0.2, 0) is 10.5 Å². The zero-order valence-corrected chi connectivity index (χ0v) is 18.4. The minimum Gasteiger partial charge on any atom is -0.502 e. The van der Waals surface area contributed by atoms with Gasteiger partial charge in [0.2, 0.25) is 5.43 Å². The van der Waals surface area contributed by atoms with Crippen molar-refractivity contribution < 1.29 is 18.7 Å². The number of anilines is 1. The van der Waals surface area contributed by atoms with E-state index in [1.165, 1.54) is 24.3 Å². The van der Waals surface area contributed by atoms with E-state index in [4.69, 9.17) is 27.6 Å². The van der Waals surface area contributed by atoms with Crippen LogP contribution in [0, 0.1) is 5.82 Å². The Morgan fingerprint density at radius 1 is 1.12 bits per heavy atom. The van der Waals surface area contributed by atoms with E-state index < -0.39 is 22.9 Å². The third-order valence-electron chi connectivity index (χ3n) is 4.38. The van der Waals surface area contributed by atoms with Gasteiger partial charge in [0, 0.05) is 6.07 Å². The van der Waals surface area contributed by atoms with Crippen molar-refractivity contribution in [2.45, 2.75) is 5.75 Å². The van der Waals surface area contributed by atoms with Gasteiger partial charge >= 0.3 is 0 Å².